The Morgan fingerprint density at radius 3 is 2.63 bits per heavy atom. The Morgan fingerprint density at radius 1 is 1.32 bits per heavy atom. The number of fused-ring (bicyclic) bond motifs is 1. The van der Waals surface area contributed by atoms with E-state index in [2.05, 4.69) is 0 Å². The maximum absolute atomic E-state index is 12.5. The van der Waals surface area contributed by atoms with Crippen LogP contribution in [-0.4, -0.2) is 37.7 Å². The molecule has 2 rings (SSSR count). The number of rotatable bonds is 1. The molecule has 1 aromatic rings. The number of amides is 1. The molecular weight excluding hydrogens is 264 g/mol. The monoisotopic (exact) mass is 278 g/mol. The largest absolute Gasteiger partial charge is 0.383 e. The second kappa shape index (κ2) is 5.05. The van der Waals surface area contributed by atoms with Crippen molar-refractivity contribution in [1.29, 1.82) is 0 Å². The van der Waals surface area contributed by atoms with E-state index in [1.165, 1.54) is 4.90 Å². The molecule has 0 unspecified atom stereocenters. The van der Waals surface area contributed by atoms with Crippen LogP contribution < -0.4 is 4.90 Å². The lowest BCUT2D eigenvalue weighted by Crippen LogP contribution is -2.25. The molecule has 1 aromatic carbocycles. The molecule has 5 heteroatoms. The number of Topliss-reactive ketones (excluding diaryl/α,β-unsaturated/α-hetero) is 1. The summed E-state index contributed by atoms with van der Waals surface area (Å²) in [7, 11) is 5.30. The van der Waals surface area contributed by atoms with Crippen molar-refractivity contribution in [3.8, 4) is 0 Å². The average molecular weight is 279 g/mol. The van der Waals surface area contributed by atoms with E-state index in [-0.39, 0.29) is 18.1 Å². The maximum Gasteiger partial charge on any atom is 0.231 e. The number of carbonyl (C=O) groups excluding carboxylic acids is 2. The number of nitrogens with zero attached hydrogens (tertiary/aromatic N) is 2. The molecule has 0 bridgehead atoms. The van der Waals surface area contributed by atoms with Crippen LogP contribution in [0.15, 0.2) is 30.0 Å². The molecule has 1 heterocycles. The summed E-state index contributed by atoms with van der Waals surface area (Å²) in [5.41, 5.74) is 1.55. The van der Waals surface area contributed by atoms with Crippen LogP contribution in [0.4, 0.5) is 5.69 Å². The third-order valence-corrected chi connectivity index (χ3v) is 3.22. The lowest BCUT2D eigenvalue weighted by atomic mass is 10.0. The zero-order valence-electron chi connectivity index (χ0n) is 11.1. The lowest BCUT2D eigenvalue weighted by molar-refractivity contribution is -0.117. The fourth-order valence-corrected chi connectivity index (χ4v) is 2.23. The highest BCUT2D eigenvalue weighted by Crippen LogP contribution is 2.30. The highest BCUT2D eigenvalue weighted by molar-refractivity contribution is 6.31. The summed E-state index contributed by atoms with van der Waals surface area (Å²) in [6.45, 7) is 0. The van der Waals surface area contributed by atoms with Gasteiger partial charge in [-0.1, -0.05) is 11.6 Å². The van der Waals surface area contributed by atoms with Crippen molar-refractivity contribution < 1.29 is 9.59 Å². The molecule has 0 aliphatic carbocycles. The Hall–Kier alpha value is -1.81. The van der Waals surface area contributed by atoms with Crippen LogP contribution in [0.5, 0.6) is 0 Å². The second-order valence-electron chi connectivity index (χ2n) is 4.74. The van der Waals surface area contributed by atoms with Gasteiger partial charge in [-0.15, -0.1) is 0 Å². The van der Waals surface area contributed by atoms with E-state index in [0.29, 0.717) is 21.8 Å². The Morgan fingerprint density at radius 2 is 2.00 bits per heavy atom. The first-order valence-corrected chi connectivity index (χ1v) is 6.26. The van der Waals surface area contributed by atoms with Crippen LogP contribution in [0.2, 0.25) is 5.02 Å². The number of ketones is 1. The molecular formula is C14H15ClN2O2. The van der Waals surface area contributed by atoms with Gasteiger partial charge in [0, 0.05) is 43.5 Å². The summed E-state index contributed by atoms with van der Waals surface area (Å²) < 4.78 is 0. The minimum absolute atomic E-state index is 0.0970. The number of carbonyl (C=O) groups is 2. The van der Waals surface area contributed by atoms with Gasteiger partial charge in [0.25, 0.3) is 0 Å². The third kappa shape index (κ3) is 2.63. The molecule has 19 heavy (non-hydrogen) atoms. The Labute approximate surface area is 117 Å². The van der Waals surface area contributed by atoms with Crippen LogP contribution in [0.1, 0.15) is 16.8 Å². The van der Waals surface area contributed by atoms with E-state index in [1.807, 2.05) is 14.1 Å². The fourth-order valence-electron chi connectivity index (χ4n) is 2.06. The first-order chi connectivity index (χ1) is 8.90. The number of benzene rings is 1. The predicted octanol–water partition coefficient (Wildman–Crippen LogP) is 2.33. The highest BCUT2D eigenvalue weighted by Gasteiger charge is 2.28. The van der Waals surface area contributed by atoms with E-state index >= 15 is 0 Å². The molecule has 1 amide bonds. The summed E-state index contributed by atoms with van der Waals surface area (Å²) in [5, 5.41) is 0.506. The topological polar surface area (TPSA) is 40.6 Å². The van der Waals surface area contributed by atoms with E-state index in [1.54, 1.807) is 36.3 Å². The van der Waals surface area contributed by atoms with Gasteiger partial charge in [-0.2, -0.15) is 0 Å². The van der Waals surface area contributed by atoms with Gasteiger partial charge in [0.15, 0.2) is 5.78 Å². The molecule has 0 spiro atoms. The standard InChI is InChI=1S/C14H15ClN2O2/c1-16(2)8-9-6-13(18)17(3)12-7-10(15)4-5-11(12)14(9)19/h4-5,7-8H,6H2,1-3H3. The highest BCUT2D eigenvalue weighted by atomic mass is 35.5. The van der Waals surface area contributed by atoms with E-state index in [9.17, 15) is 9.59 Å². The molecule has 0 atom stereocenters. The van der Waals surface area contributed by atoms with Crippen molar-refractivity contribution in [3.05, 3.63) is 40.6 Å². The van der Waals surface area contributed by atoms with Gasteiger partial charge < -0.3 is 9.80 Å². The molecule has 1 aliphatic rings. The number of anilines is 1. The molecule has 0 N–H and O–H groups in total. The Balaban J connectivity index is 2.60. The molecule has 0 saturated carbocycles. The summed E-state index contributed by atoms with van der Waals surface area (Å²) in [6.07, 6.45) is 1.79. The quantitative estimate of drug-likeness (QED) is 0.741. The third-order valence-electron chi connectivity index (χ3n) is 2.99. The van der Waals surface area contributed by atoms with Crippen molar-refractivity contribution in [3.63, 3.8) is 0 Å². The predicted molar refractivity (Wildman–Crippen MR) is 75.6 cm³/mol. The SMILES string of the molecule is CN(C)C=C1CC(=O)N(C)c2cc(Cl)ccc2C1=O. The van der Waals surface area contributed by atoms with Crippen molar-refractivity contribution in [1.82, 2.24) is 4.90 Å². The summed E-state index contributed by atoms with van der Waals surface area (Å²) in [5.74, 6) is -0.250. The van der Waals surface area contributed by atoms with Crippen LogP contribution >= 0.6 is 11.6 Å². The van der Waals surface area contributed by atoms with Crippen molar-refractivity contribution in [2.24, 2.45) is 0 Å². The van der Waals surface area contributed by atoms with E-state index in [4.69, 9.17) is 11.6 Å². The van der Waals surface area contributed by atoms with Gasteiger partial charge in [-0.25, -0.2) is 0 Å². The van der Waals surface area contributed by atoms with Gasteiger partial charge in [0.1, 0.15) is 0 Å². The maximum atomic E-state index is 12.5. The molecule has 0 aromatic heterocycles. The minimum atomic E-state index is -0.127. The summed E-state index contributed by atoms with van der Waals surface area (Å²) >= 11 is 5.94. The number of hydrogen-bond donors (Lipinski definition) is 0. The number of hydrogen-bond acceptors (Lipinski definition) is 3. The van der Waals surface area contributed by atoms with Gasteiger partial charge in [0.05, 0.1) is 12.1 Å². The molecule has 0 saturated heterocycles. The smallest absolute Gasteiger partial charge is 0.231 e. The van der Waals surface area contributed by atoms with Crippen LogP contribution in [0.3, 0.4) is 0 Å². The van der Waals surface area contributed by atoms with Crippen LogP contribution in [0, 0.1) is 0 Å². The van der Waals surface area contributed by atoms with Crippen molar-refractivity contribution in [2.75, 3.05) is 26.0 Å². The minimum Gasteiger partial charge on any atom is -0.383 e. The van der Waals surface area contributed by atoms with Crippen molar-refractivity contribution >= 4 is 29.0 Å². The molecule has 100 valence electrons. The molecule has 0 radical (unpaired) electrons. The normalized spacial score (nSPS) is 17.5. The second-order valence-corrected chi connectivity index (χ2v) is 5.17. The Kier molecular flexibility index (Phi) is 3.62. The van der Waals surface area contributed by atoms with E-state index < -0.39 is 0 Å². The zero-order chi connectivity index (χ0) is 14.2. The zero-order valence-corrected chi connectivity index (χ0v) is 11.9. The first kappa shape index (κ1) is 13.6. The summed E-state index contributed by atoms with van der Waals surface area (Å²) in [6, 6.07) is 4.97. The van der Waals surface area contributed by atoms with E-state index in [0.717, 1.165) is 0 Å². The van der Waals surface area contributed by atoms with Gasteiger partial charge >= 0.3 is 0 Å². The van der Waals surface area contributed by atoms with Crippen LogP contribution in [-0.2, 0) is 4.79 Å². The first-order valence-electron chi connectivity index (χ1n) is 5.88. The van der Waals surface area contributed by atoms with Crippen molar-refractivity contribution in [2.45, 2.75) is 6.42 Å². The lowest BCUT2D eigenvalue weighted by Gasteiger charge is -2.16. The molecule has 0 fully saturated rings. The Bertz CT molecular complexity index is 579. The average Bonchev–Trinajstić information content (AvgIpc) is 2.41. The van der Waals surface area contributed by atoms with Gasteiger partial charge in [0.2, 0.25) is 5.91 Å². The molecule has 4 nitrogen and oxygen atoms in total. The van der Waals surface area contributed by atoms with Crippen LogP contribution in [0.25, 0.3) is 0 Å². The fraction of sp³-hybridized carbons (Fsp3) is 0.286. The van der Waals surface area contributed by atoms with Gasteiger partial charge in [-0.05, 0) is 18.2 Å². The molecule has 1 aliphatic heterocycles. The van der Waals surface area contributed by atoms with Gasteiger partial charge in [-0.3, -0.25) is 9.59 Å². The summed E-state index contributed by atoms with van der Waals surface area (Å²) in [4.78, 5) is 27.8. The number of halogens is 1.